The van der Waals surface area contributed by atoms with Crippen molar-refractivity contribution in [2.24, 2.45) is 0 Å². The highest BCUT2D eigenvalue weighted by Gasteiger charge is 2.19. The van der Waals surface area contributed by atoms with E-state index in [1.165, 1.54) is 60.0 Å². The number of nitrogens with zero attached hydrogens (tertiary/aromatic N) is 1. The zero-order chi connectivity index (χ0) is 32.6. The van der Waals surface area contributed by atoms with E-state index >= 15 is 0 Å². The predicted octanol–water partition coefficient (Wildman–Crippen LogP) is 12.1. The third-order valence-corrected chi connectivity index (χ3v) is 10.2. The van der Waals surface area contributed by atoms with Crippen LogP contribution in [0.4, 0.5) is 0 Å². The molecule has 3 nitrogen and oxygen atoms in total. The Balaban J connectivity index is 1.13. The minimum absolute atomic E-state index is 0.0581. The molecule has 0 atom stereocenters. The molecule has 49 heavy (non-hydrogen) atoms. The zero-order valence-corrected chi connectivity index (χ0v) is 26.4. The Morgan fingerprint density at radius 3 is 1.27 bits per heavy atom. The first-order chi connectivity index (χ1) is 24.2. The lowest BCUT2D eigenvalue weighted by molar-refractivity contribution is 0.411. The Morgan fingerprint density at radius 1 is 0.347 bits per heavy atom. The highest BCUT2D eigenvalue weighted by atomic mass is 16.3. The Labute approximate surface area is 282 Å². The summed E-state index contributed by atoms with van der Waals surface area (Å²) in [6, 6.07) is 57.9. The van der Waals surface area contributed by atoms with Crippen LogP contribution in [0.25, 0.3) is 93.2 Å². The van der Waals surface area contributed by atoms with Gasteiger partial charge in [0.2, 0.25) is 0 Å². The van der Waals surface area contributed by atoms with E-state index in [0.717, 1.165) is 22.4 Å². The molecule has 1 heterocycles. The van der Waals surface area contributed by atoms with E-state index in [9.17, 15) is 10.2 Å². The van der Waals surface area contributed by atoms with Crippen LogP contribution in [0.2, 0.25) is 0 Å². The van der Waals surface area contributed by atoms with E-state index in [1.54, 1.807) is 0 Å². The molecule has 0 saturated heterocycles. The Kier molecular flexibility index (Phi) is 5.88. The molecule has 0 spiro atoms. The van der Waals surface area contributed by atoms with Gasteiger partial charge in [-0.05, 0) is 91.3 Å². The molecule has 2 N–H and O–H groups in total. The van der Waals surface area contributed by atoms with Crippen LogP contribution in [-0.4, -0.2) is 14.8 Å². The average Bonchev–Trinajstić information content (AvgIpc) is 3.50. The first kappa shape index (κ1) is 27.5. The van der Waals surface area contributed by atoms with Gasteiger partial charge in [-0.25, -0.2) is 0 Å². The highest BCUT2D eigenvalue weighted by Crippen LogP contribution is 2.46. The molecule has 1 aromatic heterocycles. The third kappa shape index (κ3) is 4.03. The second kappa shape index (κ2) is 10.5. The average molecular weight is 628 g/mol. The van der Waals surface area contributed by atoms with Crippen molar-refractivity contribution in [3.63, 3.8) is 0 Å². The van der Waals surface area contributed by atoms with Gasteiger partial charge in [-0.3, -0.25) is 0 Å². The van der Waals surface area contributed by atoms with Gasteiger partial charge < -0.3 is 14.8 Å². The van der Waals surface area contributed by atoms with Crippen LogP contribution in [0.1, 0.15) is 0 Å². The van der Waals surface area contributed by atoms with Gasteiger partial charge in [-0.1, -0.05) is 127 Å². The van der Waals surface area contributed by atoms with Gasteiger partial charge >= 0.3 is 0 Å². The molecule has 0 aliphatic heterocycles. The summed E-state index contributed by atoms with van der Waals surface area (Å²) in [6.07, 6.45) is 0. The van der Waals surface area contributed by atoms with Gasteiger partial charge in [-0.2, -0.15) is 0 Å². The van der Waals surface area contributed by atoms with E-state index in [2.05, 4.69) is 150 Å². The summed E-state index contributed by atoms with van der Waals surface area (Å²) in [4.78, 5) is 0. The maximum Gasteiger partial charge on any atom is 0.166 e. The molecule has 2 bridgehead atoms. The molecule has 0 aliphatic rings. The van der Waals surface area contributed by atoms with E-state index in [-0.39, 0.29) is 11.5 Å². The van der Waals surface area contributed by atoms with E-state index < -0.39 is 0 Å². The number of hydrogen-bond acceptors (Lipinski definition) is 2. The first-order valence-corrected chi connectivity index (χ1v) is 16.6. The van der Waals surface area contributed by atoms with Gasteiger partial charge in [0, 0.05) is 27.2 Å². The van der Waals surface area contributed by atoms with Crippen molar-refractivity contribution in [1.29, 1.82) is 0 Å². The fourth-order valence-corrected chi connectivity index (χ4v) is 7.95. The second-order valence-corrected chi connectivity index (χ2v) is 12.8. The molecule has 3 heteroatoms. The lowest BCUT2D eigenvalue weighted by Crippen LogP contribution is -1.94. The van der Waals surface area contributed by atoms with Crippen LogP contribution >= 0.6 is 0 Å². The number of aromatic nitrogens is 1. The summed E-state index contributed by atoms with van der Waals surface area (Å²) in [7, 11) is 0. The van der Waals surface area contributed by atoms with E-state index in [1.807, 2.05) is 18.2 Å². The van der Waals surface area contributed by atoms with Gasteiger partial charge in [0.1, 0.15) is 0 Å². The number of hydrogen-bond donors (Lipinski definition) is 2. The summed E-state index contributed by atoms with van der Waals surface area (Å²) in [5.41, 5.74) is 10.2. The van der Waals surface area contributed by atoms with Crippen molar-refractivity contribution in [3.05, 3.63) is 164 Å². The van der Waals surface area contributed by atoms with Crippen LogP contribution in [-0.2, 0) is 0 Å². The summed E-state index contributed by atoms with van der Waals surface area (Å²) >= 11 is 0. The van der Waals surface area contributed by atoms with Gasteiger partial charge in [0.25, 0.3) is 0 Å². The number of fused-ring (bicyclic) bond motifs is 8. The Bertz CT molecular complexity index is 2770. The normalized spacial score (nSPS) is 11.8. The number of para-hydroxylation sites is 2. The number of aromatic hydroxyl groups is 2. The maximum atomic E-state index is 10.5. The smallest absolute Gasteiger partial charge is 0.166 e. The molecule has 0 aliphatic carbocycles. The highest BCUT2D eigenvalue weighted by molar-refractivity contribution is 6.21. The molecule has 10 aromatic carbocycles. The SMILES string of the molecule is Oc1c(O)c2ccc1cc2-c1ccc(-c2c3ccccc3c(-c3ccc(-n4c5ccccc5c5ccccc54)cc3)c3ccccc23)cc1. The maximum absolute atomic E-state index is 10.5. The van der Waals surface area contributed by atoms with Crippen molar-refractivity contribution in [1.82, 2.24) is 4.57 Å². The van der Waals surface area contributed by atoms with Crippen molar-refractivity contribution in [3.8, 4) is 50.6 Å². The summed E-state index contributed by atoms with van der Waals surface area (Å²) in [6.45, 7) is 0. The first-order valence-electron chi connectivity index (χ1n) is 16.6. The van der Waals surface area contributed by atoms with Crippen LogP contribution in [0.15, 0.2) is 164 Å². The molecule has 11 aromatic rings. The Morgan fingerprint density at radius 2 is 0.776 bits per heavy atom. The van der Waals surface area contributed by atoms with Crippen molar-refractivity contribution in [2.45, 2.75) is 0 Å². The van der Waals surface area contributed by atoms with Crippen molar-refractivity contribution >= 4 is 54.1 Å². The van der Waals surface area contributed by atoms with Gasteiger partial charge in [0.15, 0.2) is 11.5 Å². The predicted molar refractivity (Wildman–Crippen MR) is 204 cm³/mol. The number of phenolic OH excluding ortho intramolecular Hbond substituents is 2. The Hall–Kier alpha value is -6.58. The van der Waals surface area contributed by atoms with Crippen molar-refractivity contribution < 1.29 is 10.2 Å². The minimum Gasteiger partial charge on any atom is -0.504 e. The molecule has 0 saturated carbocycles. The van der Waals surface area contributed by atoms with E-state index in [0.29, 0.717) is 10.8 Å². The monoisotopic (exact) mass is 627 g/mol. The van der Waals surface area contributed by atoms with Crippen LogP contribution in [0, 0.1) is 0 Å². The molecule has 0 fully saturated rings. The molecule has 0 radical (unpaired) electrons. The van der Waals surface area contributed by atoms with Crippen molar-refractivity contribution in [2.75, 3.05) is 0 Å². The molecule has 0 amide bonds. The largest absolute Gasteiger partial charge is 0.504 e. The van der Waals surface area contributed by atoms with Gasteiger partial charge in [-0.15, -0.1) is 0 Å². The fraction of sp³-hybridized carbons (Fsp3) is 0. The summed E-state index contributed by atoms with van der Waals surface area (Å²) < 4.78 is 2.36. The summed E-state index contributed by atoms with van der Waals surface area (Å²) in [5, 5.41) is 29.4. The topological polar surface area (TPSA) is 45.4 Å². The molecule has 11 rings (SSSR count). The van der Waals surface area contributed by atoms with E-state index in [4.69, 9.17) is 0 Å². The fourth-order valence-electron chi connectivity index (χ4n) is 7.95. The minimum atomic E-state index is -0.0604. The number of rotatable bonds is 4. The zero-order valence-electron chi connectivity index (χ0n) is 26.4. The third-order valence-electron chi connectivity index (χ3n) is 10.2. The van der Waals surface area contributed by atoms with Crippen LogP contribution in [0.5, 0.6) is 11.5 Å². The second-order valence-electron chi connectivity index (χ2n) is 12.8. The molecule has 230 valence electrons. The lowest BCUT2D eigenvalue weighted by atomic mass is 9.85. The molecule has 0 unspecified atom stereocenters. The van der Waals surface area contributed by atoms with Gasteiger partial charge in [0.05, 0.1) is 11.0 Å². The lowest BCUT2D eigenvalue weighted by Gasteiger charge is -2.18. The molecular weight excluding hydrogens is 599 g/mol. The molecular formula is C46H29NO2. The quantitative estimate of drug-likeness (QED) is 0.151. The number of phenols is 4. The standard InChI is InChI=1S/C46H29NO2/c48-45-31-23-26-39(46(45)49)40(27-31)28-17-19-29(20-18-28)43-35-11-1-3-13-37(35)44(38-14-4-2-12-36(38)43)30-21-24-32(25-22-30)47-41-15-7-5-9-33(41)34-10-6-8-16-42(34)47/h1-27,48-49H. The van der Waals surface area contributed by atoms with Crippen LogP contribution < -0.4 is 0 Å². The number of benzene rings is 10. The van der Waals surface area contributed by atoms with Crippen LogP contribution in [0.3, 0.4) is 0 Å². The summed E-state index contributed by atoms with van der Waals surface area (Å²) in [5.74, 6) is -0.119.